The highest BCUT2D eigenvalue weighted by Crippen LogP contribution is 2.23. The molecule has 104 valence electrons. The third-order valence-electron chi connectivity index (χ3n) is 2.40. The van der Waals surface area contributed by atoms with Gasteiger partial charge in [0.2, 0.25) is 0 Å². The number of aliphatic carboxylic acids is 1. The number of alkyl halides is 1. The maximum Gasteiger partial charge on any atom is 0.337 e. The van der Waals surface area contributed by atoms with Crippen LogP contribution in [0.15, 0.2) is 18.2 Å². The molecular formula is C13H15ClO5. The van der Waals surface area contributed by atoms with Crippen LogP contribution >= 0.6 is 11.6 Å². The predicted octanol–water partition coefficient (Wildman–Crippen LogP) is 1.55. The predicted molar refractivity (Wildman–Crippen MR) is 69.6 cm³/mol. The van der Waals surface area contributed by atoms with Crippen molar-refractivity contribution in [3.8, 4) is 5.75 Å². The first-order chi connectivity index (χ1) is 8.97. The maximum absolute atomic E-state index is 11.3. The summed E-state index contributed by atoms with van der Waals surface area (Å²) in [6, 6.07) is 4.54. The van der Waals surface area contributed by atoms with Crippen LogP contribution in [0, 0.1) is 0 Å². The van der Waals surface area contributed by atoms with Crippen LogP contribution in [0.1, 0.15) is 24.2 Å². The summed E-state index contributed by atoms with van der Waals surface area (Å²) in [5.41, 5.74) is 0.739. The molecule has 0 aliphatic carbocycles. The van der Waals surface area contributed by atoms with E-state index in [0.717, 1.165) is 0 Å². The third kappa shape index (κ3) is 4.54. The number of halogens is 1. The van der Waals surface area contributed by atoms with Crippen LogP contribution in [-0.4, -0.2) is 34.5 Å². The van der Waals surface area contributed by atoms with Crippen molar-refractivity contribution in [2.24, 2.45) is 0 Å². The van der Waals surface area contributed by atoms with E-state index >= 15 is 0 Å². The Hall–Kier alpha value is -1.59. The topological polar surface area (TPSA) is 83.8 Å². The number of aliphatic hydroxyl groups excluding tert-OH is 1. The van der Waals surface area contributed by atoms with Crippen LogP contribution in [-0.2, 0) is 16.0 Å². The summed E-state index contributed by atoms with van der Waals surface area (Å²) in [5, 5.41) is 18.3. The van der Waals surface area contributed by atoms with Crippen molar-refractivity contribution in [3.63, 3.8) is 0 Å². The van der Waals surface area contributed by atoms with Crippen LogP contribution in [0.5, 0.6) is 5.75 Å². The highest BCUT2D eigenvalue weighted by molar-refractivity contribution is 6.27. The van der Waals surface area contributed by atoms with Crippen molar-refractivity contribution >= 4 is 23.4 Å². The number of ether oxygens (including phenoxy) is 1. The molecule has 0 fully saturated rings. The molecule has 19 heavy (non-hydrogen) atoms. The number of hydrogen-bond acceptors (Lipinski definition) is 4. The van der Waals surface area contributed by atoms with Gasteiger partial charge in [0, 0.05) is 6.42 Å². The fourth-order valence-corrected chi connectivity index (χ4v) is 1.71. The van der Waals surface area contributed by atoms with E-state index in [0.29, 0.717) is 17.9 Å². The molecule has 5 nitrogen and oxygen atoms in total. The monoisotopic (exact) mass is 286 g/mol. The minimum Gasteiger partial charge on any atom is -0.494 e. The lowest BCUT2D eigenvalue weighted by Crippen LogP contribution is -2.12. The lowest BCUT2D eigenvalue weighted by molar-refractivity contribution is -0.146. The zero-order valence-corrected chi connectivity index (χ0v) is 11.2. The number of rotatable bonds is 7. The maximum atomic E-state index is 11.3. The van der Waals surface area contributed by atoms with E-state index in [1.54, 1.807) is 13.0 Å². The van der Waals surface area contributed by atoms with Crippen LogP contribution in [0.3, 0.4) is 0 Å². The Morgan fingerprint density at radius 2 is 2.05 bits per heavy atom. The molecule has 0 aliphatic rings. The summed E-state index contributed by atoms with van der Waals surface area (Å²) in [7, 11) is 0. The van der Waals surface area contributed by atoms with Gasteiger partial charge in [0.05, 0.1) is 12.5 Å². The molecule has 0 aromatic heterocycles. The molecule has 2 N–H and O–H groups in total. The number of carboxylic acid groups (broad SMARTS) is 1. The number of hydrogen-bond donors (Lipinski definition) is 2. The molecule has 1 unspecified atom stereocenters. The molecule has 1 aromatic rings. The van der Waals surface area contributed by atoms with Gasteiger partial charge in [0.15, 0.2) is 11.9 Å². The second-order valence-electron chi connectivity index (χ2n) is 3.93. The minimum absolute atomic E-state index is 0.0732. The first-order valence-electron chi connectivity index (χ1n) is 5.73. The van der Waals surface area contributed by atoms with Crippen molar-refractivity contribution < 1.29 is 24.5 Å². The molecule has 0 spiro atoms. The second kappa shape index (κ2) is 7.11. The Balaban J connectivity index is 3.09. The number of carbonyl (C=O) groups excluding carboxylic acids is 1. The highest BCUT2D eigenvalue weighted by atomic mass is 35.5. The quantitative estimate of drug-likeness (QED) is 0.743. The van der Waals surface area contributed by atoms with E-state index in [1.807, 2.05) is 0 Å². The zero-order valence-electron chi connectivity index (χ0n) is 10.4. The zero-order chi connectivity index (χ0) is 14.4. The second-order valence-corrected chi connectivity index (χ2v) is 4.20. The molecule has 0 radical (unpaired) electrons. The first kappa shape index (κ1) is 15.5. The third-order valence-corrected chi connectivity index (χ3v) is 2.70. The Bertz CT molecular complexity index is 472. The van der Waals surface area contributed by atoms with Crippen molar-refractivity contribution in [2.75, 3.05) is 12.5 Å². The number of carbonyl (C=O) groups is 2. The van der Waals surface area contributed by atoms with Gasteiger partial charge in [0.25, 0.3) is 0 Å². The Kier molecular flexibility index (Phi) is 5.79. The lowest BCUT2D eigenvalue weighted by Gasteiger charge is -2.12. The number of ketones is 1. The average molecular weight is 287 g/mol. The summed E-state index contributed by atoms with van der Waals surface area (Å²) in [6.45, 7) is 2.18. The fraction of sp³-hybridized carbons (Fsp3) is 0.385. The molecule has 0 saturated heterocycles. The van der Waals surface area contributed by atoms with Crippen molar-refractivity contribution in [1.82, 2.24) is 0 Å². The Labute approximate surface area is 115 Å². The summed E-state index contributed by atoms with van der Waals surface area (Å²) < 4.78 is 5.28. The van der Waals surface area contributed by atoms with Crippen LogP contribution in [0.4, 0.5) is 0 Å². The summed E-state index contributed by atoms with van der Waals surface area (Å²) in [5.74, 6) is -1.25. The molecule has 1 rings (SSSR count). The van der Waals surface area contributed by atoms with Crippen LogP contribution in [0.25, 0.3) is 0 Å². The van der Waals surface area contributed by atoms with E-state index in [4.69, 9.17) is 21.4 Å². The molecule has 0 bridgehead atoms. The fourth-order valence-electron chi connectivity index (χ4n) is 1.61. The van der Waals surface area contributed by atoms with E-state index in [-0.39, 0.29) is 23.6 Å². The Morgan fingerprint density at radius 1 is 1.37 bits per heavy atom. The summed E-state index contributed by atoms with van der Waals surface area (Å²) >= 11 is 5.43. The summed E-state index contributed by atoms with van der Waals surface area (Å²) in [6.07, 6.45) is -1.57. The minimum atomic E-state index is -1.65. The van der Waals surface area contributed by atoms with Gasteiger partial charge in [-0.3, -0.25) is 4.79 Å². The Morgan fingerprint density at radius 3 is 2.58 bits per heavy atom. The molecule has 6 heteroatoms. The standard InChI is InChI=1S/C13H15ClO5/c1-2-19-11-5-8(4-10(15)7-14)3-9(6-11)12(16)13(17)18/h3,5-6,12,16H,2,4,7H2,1H3,(H,17,18). The van der Waals surface area contributed by atoms with Gasteiger partial charge in [-0.15, -0.1) is 11.6 Å². The average Bonchev–Trinajstić information content (AvgIpc) is 2.37. The van der Waals surface area contributed by atoms with Gasteiger partial charge in [-0.2, -0.15) is 0 Å². The number of Topliss-reactive ketones (excluding diaryl/α,β-unsaturated/α-hetero) is 1. The van der Waals surface area contributed by atoms with Gasteiger partial charge in [-0.05, 0) is 30.2 Å². The molecule has 0 aliphatic heterocycles. The number of benzene rings is 1. The molecule has 1 atom stereocenters. The lowest BCUT2D eigenvalue weighted by atomic mass is 10.0. The first-order valence-corrected chi connectivity index (χ1v) is 6.26. The molecule has 0 amide bonds. The smallest absolute Gasteiger partial charge is 0.337 e. The van der Waals surface area contributed by atoms with E-state index < -0.39 is 12.1 Å². The van der Waals surface area contributed by atoms with Crippen LogP contribution in [0.2, 0.25) is 0 Å². The molecule has 0 saturated carbocycles. The van der Waals surface area contributed by atoms with E-state index in [2.05, 4.69) is 0 Å². The summed E-state index contributed by atoms with van der Waals surface area (Å²) in [4.78, 5) is 22.1. The molecule has 1 aromatic carbocycles. The molecule has 0 heterocycles. The van der Waals surface area contributed by atoms with Gasteiger partial charge >= 0.3 is 5.97 Å². The van der Waals surface area contributed by atoms with Gasteiger partial charge in [0.1, 0.15) is 5.75 Å². The van der Waals surface area contributed by atoms with E-state index in [1.165, 1.54) is 12.1 Å². The van der Waals surface area contributed by atoms with Crippen molar-refractivity contribution in [3.05, 3.63) is 29.3 Å². The SMILES string of the molecule is CCOc1cc(CC(=O)CCl)cc(C(O)C(=O)O)c1. The van der Waals surface area contributed by atoms with E-state index in [9.17, 15) is 14.7 Å². The van der Waals surface area contributed by atoms with Crippen molar-refractivity contribution in [2.45, 2.75) is 19.4 Å². The van der Waals surface area contributed by atoms with Gasteiger partial charge in [-0.25, -0.2) is 4.79 Å². The number of carboxylic acids is 1. The van der Waals surface area contributed by atoms with Gasteiger partial charge in [-0.1, -0.05) is 6.07 Å². The van der Waals surface area contributed by atoms with Gasteiger partial charge < -0.3 is 14.9 Å². The largest absolute Gasteiger partial charge is 0.494 e. The number of aliphatic hydroxyl groups is 1. The van der Waals surface area contributed by atoms with Crippen molar-refractivity contribution in [1.29, 1.82) is 0 Å². The molecular weight excluding hydrogens is 272 g/mol. The van der Waals surface area contributed by atoms with Crippen LogP contribution < -0.4 is 4.74 Å². The normalized spacial score (nSPS) is 11.9. The highest BCUT2D eigenvalue weighted by Gasteiger charge is 2.18.